The lowest BCUT2D eigenvalue weighted by atomic mass is 9.90. The van der Waals surface area contributed by atoms with Crippen LogP contribution in [-0.4, -0.2) is 20.5 Å². The van der Waals surface area contributed by atoms with Gasteiger partial charge in [0.25, 0.3) is 0 Å². The third kappa shape index (κ3) is 2.32. The molecule has 0 aliphatic carbocycles. The fraction of sp³-hybridized carbons (Fsp3) is 0.111. The number of hydrogen-bond donors (Lipinski definition) is 1. The molecule has 120 valence electrons. The van der Waals surface area contributed by atoms with Crippen LogP contribution in [0.25, 0.3) is 0 Å². The molecule has 1 aromatic heterocycles. The van der Waals surface area contributed by atoms with Gasteiger partial charge in [-0.25, -0.2) is 9.37 Å². The lowest BCUT2D eigenvalue weighted by molar-refractivity contribution is 0.157. The Hall–Kier alpha value is -3.15. The average molecular weight is 323 g/mol. The molecule has 24 heavy (non-hydrogen) atoms. The van der Waals surface area contributed by atoms with Crippen LogP contribution in [0, 0.1) is 5.82 Å². The molecule has 0 amide bonds. The van der Waals surface area contributed by atoms with Crippen LogP contribution in [0.3, 0.4) is 0 Å². The van der Waals surface area contributed by atoms with Gasteiger partial charge in [-0.1, -0.05) is 29.4 Å². The molecule has 5 nitrogen and oxygen atoms in total. The van der Waals surface area contributed by atoms with E-state index in [1.165, 1.54) is 12.1 Å². The van der Waals surface area contributed by atoms with E-state index in [4.69, 9.17) is 4.74 Å². The van der Waals surface area contributed by atoms with Crippen LogP contribution in [0.15, 0.2) is 72.4 Å². The highest BCUT2D eigenvalue weighted by Crippen LogP contribution is 2.41. The zero-order chi connectivity index (χ0) is 16.5. The van der Waals surface area contributed by atoms with Crippen LogP contribution in [-0.2, 0) is 0 Å². The largest absolute Gasteiger partial charge is 0.482 e. The third-order valence-electron chi connectivity index (χ3n) is 4.14. The zero-order valence-corrected chi connectivity index (χ0v) is 12.6. The van der Waals surface area contributed by atoms with Crippen molar-refractivity contribution in [3.63, 3.8) is 0 Å². The molecule has 1 N–H and O–H groups in total. The highest BCUT2D eigenvalue weighted by atomic mass is 19.1. The number of hydrogen-bond acceptors (Lipinski definition) is 4. The van der Waals surface area contributed by atoms with Gasteiger partial charge in [0, 0.05) is 18.0 Å². The van der Waals surface area contributed by atoms with Gasteiger partial charge in [-0.05, 0) is 29.8 Å². The quantitative estimate of drug-likeness (QED) is 0.579. The van der Waals surface area contributed by atoms with Crippen LogP contribution in [0.5, 0.6) is 5.75 Å². The van der Waals surface area contributed by atoms with Crippen molar-refractivity contribution < 1.29 is 14.3 Å². The van der Waals surface area contributed by atoms with Crippen LogP contribution >= 0.6 is 0 Å². The Labute approximate surface area is 137 Å². The van der Waals surface area contributed by atoms with Crippen molar-refractivity contribution in [1.82, 2.24) is 9.55 Å². The standard InChI is InChI=1S/C18H14FN3O2/c19-13-7-5-12(6-8-13)18-17(22-10-9-20-11-22)16(21-23)14-3-1-2-4-15(14)24-18/h1-11,17-18,23H/b21-16-/t17-,18+/m1/s1. The molecule has 3 aromatic rings. The number of aromatic nitrogens is 2. The number of benzene rings is 2. The molecule has 0 saturated heterocycles. The van der Waals surface area contributed by atoms with Crippen molar-refractivity contribution in [2.24, 2.45) is 5.16 Å². The number of imidazole rings is 1. The summed E-state index contributed by atoms with van der Waals surface area (Å²) in [5, 5.41) is 13.2. The molecule has 4 rings (SSSR count). The number of halogens is 1. The van der Waals surface area contributed by atoms with E-state index in [9.17, 15) is 9.60 Å². The smallest absolute Gasteiger partial charge is 0.150 e. The number of fused-ring (bicyclic) bond motifs is 1. The second kappa shape index (κ2) is 5.81. The van der Waals surface area contributed by atoms with Crippen LogP contribution in [0.1, 0.15) is 23.3 Å². The van der Waals surface area contributed by atoms with Gasteiger partial charge in [-0.3, -0.25) is 0 Å². The maximum absolute atomic E-state index is 13.3. The van der Waals surface area contributed by atoms with Crippen LogP contribution in [0.2, 0.25) is 0 Å². The molecule has 0 spiro atoms. The summed E-state index contributed by atoms with van der Waals surface area (Å²) in [6, 6.07) is 13.1. The Morgan fingerprint density at radius 2 is 1.92 bits per heavy atom. The molecular weight excluding hydrogens is 309 g/mol. The molecule has 0 fully saturated rings. The lowest BCUT2D eigenvalue weighted by Crippen LogP contribution is -2.34. The average Bonchev–Trinajstić information content (AvgIpc) is 3.15. The van der Waals surface area contributed by atoms with Gasteiger partial charge in [-0.2, -0.15) is 0 Å². The highest BCUT2D eigenvalue weighted by Gasteiger charge is 2.38. The maximum atomic E-state index is 13.3. The first kappa shape index (κ1) is 14.4. The summed E-state index contributed by atoms with van der Waals surface area (Å²) in [6.45, 7) is 0. The van der Waals surface area contributed by atoms with E-state index in [2.05, 4.69) is 10.1 Å². The highest BCUT2D eigenvalue weighted by molar-refractivity contribution is 6.06. The number of oxime groups is 1. The monoisotopic (exact) mass is 323 g/mol. The summed E-state index contributed by atoms with van der Waals surface area (Å²) in [5.74, 6) is 0.307. The maximum Gasteiger partial charge on any atom is 0.150 e. The van der Waals surface area contributed by atoms with E-state index in [-0.39, 0.29) is 5.82 Å². The van der Waals surface area contributed by atoms with Gasteiger partial charge in [0.15, 0.2) is 6.10 Å². The second-order valence-electron chi connectivity index (χ2n) is 5.53. The summed E-state index contributed by atoms with van der Waals surface area (Å²) in [6.07, 6.45) is 4.60. The van der Waals surface area contributed by atoms with Crippen molar-refractivity contribution in [3.05, 3.63) is 84.2 Å². The van der Waals surface area contributed by atoms with Crippen molar-refractivity contribution in [1.29, 1.82) is 0 Å². The molecule has 0 saturated carbocycles. The van der Waals surface area contributed by atoms with Gasteiger partial charge in [0.1, 0.15) is 23.3 Å². The van der Waals surface area contributed by atoms with Crippen molar-refractivity contribution in [2.45, 2.75) is 12.1 Å². The van der Waals surface area contributed by atoms with Gasteiger partial charge in [-0.15, -0.1) is 0 Å². The molecular formula is C18H14FN3O2. The van der Waals surface area contributed by atoms with Crippen molar-refractivity contribution in [3.8, 4) is 5.75 Å². The summed E-state index contributed by atoms with van der Waals surface area (Å²) in [7, 11) is 0. The minimum absolute atomic E-state index is 0.315. The molecule has 1 aliphatic heterocycles. The van der Waals surface area contributed by atoms with Crippen LogP contribution < -0.4 is 4.74 Å². The first-order valence-corrected chi connectivity index (χ1v) is 7.49. The topological polar surface area (TPSA) is 59.6 Å². The molecule has 0 bridgehead atoms. The van der Waals surface area contributed by atoms with E-state index in [0.717, 1.165) is 11.1 Å². The summed E-state index contributed by atoms with van der Waals surface area (Å²) in [5.41, 5.74) is 1.98. The number of para-hydroxylation sites is 1. The van der Waals surface area contributed by atoms with E-state index >= 15 is 0 Å². The first-order valence-electron chi connectivity index (χ1n) is 7.49. The van der Waals surface area contributed by atoms with Crippen LogP contribution in [0.4, 0.5) is 4.39 Å². The second-order valence-corrected chi connectivity index (χ2v) is 5.53. The Balaban J connectivity index is 1.89. The molecule has 1 aliphatic rings. The Morgan fingerprint density at radius 3 is 2.62 bits per heavy atom. The van der Waals surface area contributed by atoms with E-state index in [1.54, 1.807) is 30.9 Å². The number of nitrogens with zero attached hydrogens (tertiary/aromatic N) is 3. The van der Waals surface area contributed by atoms with Crippen molar-refractivity contribution >= 4 is 5.71 Å². The predicted octanol–water partition coefficient (Wildman–Crippen LogP) is 3.58. The van der Waals surface area contributed by atoms with Crippen molar-refractivity contribution in [2.75, 3.05) is 0 Å². The zero-order valence-electron chi connectivity index (χ0n) is 12.6. The van der Waals surface area contributed by atoms with E-state index in [0.29, 0.717) is 11.5 Å². The minimum Gasteiger partial charge on any atom is -0.482 e. The summed E-state index contributed by atoms with van der Waals surface area (Å²) in [4.78, 5) is 4.08. The molecule has 2 aromatic carbocycles. The fourth-order valence-electron chi connectivity index (χ4n) is 3.03. The number of ether oxygens (including phenoxy) is 1. The number of rotatable bonds is 2. The Bertz CT molecular complexity index is 876. The Kier molecular flexibility index (Phi) is 3.49. The minimum atomic E-state index is -0.472. The van der Waals surface area contributed by atoms with E-state index in [1.807, 2.05) is 28.8 Å². The lowest BCUT2D eigenvalue weighted by Gasteiger charge is -2.35. The molecule has 0 radical (unpaired) electrons. The molecule has 2 heterocycles. The molecule has 2 atom stereocenters. The fourth-order valence-corrected chi connectivity index (χ4v) is 3.03. The normalized spacial score (nSPS) is 21.3. The van der Waals surface area contributed by atoms with Gasteiger partial charge >= 0.3 is 0 Å². The molecule has 0 unspecified atom stereocenters. The SMILES string of the molecule is O/N=C1/c2ccccc2O[C@@H](c2ccc(F)cc2)[C@@H]1n1ccnc1. The first-order chi connectivity index (χ1) is 11.8. The molecule has 6 heteroatoms. The predicted molar refractivity (Wildman–Crippen MR) is 85.8 cm³/mol. The third-order valence-corrected chi connectivity index (χ3v) is 4.14. The summed E-state index contributed by atoms with van der Waals surface area (Å²) < 4.78 is 21.3. The summed E-state index contributed by atoms with van der Waals surface area (Å²) >= 11 is 0. The van der Waals surface area contributed by atoms with Gasteiger partial charge < -0.3 is 14.5 Å². The Morgan fingerprint density at radius 1 is 1.12 bits per heavy atom. The van der Waals surface area contributed by atoms with E-state index < -0.39 is 12.1 Å². The van der Waals surface area contributed by atoms with Gasteiger partial charge in [0.2, 0.25) is 0 Å². The van der Waals surface area contributed by atoms with Gasteiger partial charge in [0.05, 0.1) is 6.33 Å².